The van der Waals surface area contributed by atoms with Crippen molar-refractivity contribution in [3.8, 4) is 11.3 Å². The molecule has 7 nitrogen and oxygen atoms in total. The van der Waals surface area contributed by atoms with Gasteiger partial charge in [0.05, 0.1) is 11.2 Å². The lowest BCUT2D eigenvalue weighted by Crippen LogP contribution is -2.41. The summed E-state index contributed by atoms with van der Waals surface area (Å²) in [6.07, 6.45) is 1.92. The average molecular weight is 411 g/mol. The summed E-state index contributed by atoms with van der Waals surface area (Å²) >= 11 is 0. The van der Waals surface area contributed by atoms with Crippen LogP contribution < -0.4 is 5.32 Å². The topological polar surface area (TPSA) is 98.0 Å². The van der Waals surface area contributed by atoms with Crippen LogP contribution in [0, 0.1) is 0 Å². The largest absolute Gasteiger partial charge is 0.492 e. The van der Waals surface area contributed by atoms with Crippen molar-refractivity contribution >= 4 is 25.1 Å². The Labute approximate surface area is 176 Å². The van der Waals surface area contributed by atoms with Crippen LogP contribution in [0.25, 0.3) is 17.4 Å². The van der Waals surface area contributed by atoms with Crippen molar-refractivity contribution < 1.29 is 28.4 Å². The monoisotopic (exact) mass is 411 g/mol. The molecule has 2 aromatic rings. The normalized spacial score (nSPS) is 17.8. The molecule has 2 heterocycles. The fourth-order valence-corrected chi connectivity index (χ4v) is 2.99. The van der Waals surface area contributed by atoms with Crippen molar-refractivity contribution in [3.63, 3.8) is 0 Å². The molecule has 0 radical (unpaired) electrons. The first-order chi connectivity index (χ1) is 14.0. The number of furan rings is 1. The van der Waals surface area contributed by atoms with E-state index >= 15 is 0 Å². The van der Waals surface area contributed by atoms with Gasteiger partial charge in [-0.2, -0.15) is 0 Å². The highest BCUT2D eigenvalue weighted by Crippen LogP contribution is 2.38. The van der Waals surface area contributed by atoms with E-state index in [1.807, 2.05) is 58.0 Å². The Kier molecular flexibility index (Phi) is 5.92. The van der Waals surface area contributed by atoms with E-state index in [0.29, 0.717) is 12.3 Å². The Morgan fingerprint density at radius 3 is 2.13 bits per heavy atom. The summed E-state index contributed by atoms with van der Waals surface area (Å²) in [6.45, 7) is 9.68. The van der Waals surface area contributed by atoms with Gasteiger partial charge in [-0.25, -0.2) is 4.79 Å². The highest BCUT2D eigenvalue weighted by atomic mass is 16.7. The van der Waals surface area contributed by atoms with Crippen LogP contribution in [0.2, 0.25) is 0 Å². The van der Waals surface area contributed by atoms with E-state index in [4.69, 9.17) is 18.8 Å². The maximum atomic E-state index is 11.4. The van der Waals surface area contributed by atoms with E-state index in [-0.39, 0.29) is 11.7 Å². The highest BCUT2D eigenvalue weighted by molar-refractivity contribution is 6.56. The number of carbonyl (C=O) groups is 2. The van der Waals surface area contributed by atoms with Crippen LogP contribution in [0.15, 0.2) is 46.3 Å². The molecule has 1 aliphatic rings. The minimum Gasteiger partial charge on any atom is -0.475 e. The number of carboxylic acids is 1. The smallest absolute Gasteiger partial charge is 0.475 e. The second-order valence-corrected chi connectivity index (χ2v) is 8.31. The number of nitrogens with one attached hydrogen (secondary N) is 1. The molecule has 1 saturated heterocycles. The molecule has 3 rings (SSSR count). The number of hydrogen-bond acceptors (Lipinski definition) is 5. The molecule has 1 amide bonds. The van der Waals surface area contributed by atoms with Gasteiger partial charge in [0.15, 0.2) is 0 Å². The number of carbonyl (C=O) groups excluding carboxylic acids is 1. The van der Waals surface area contributed by atoms with Crippen LogP contribution in [0.1, 0.15) is 50.7 Å². The number of benzene rings is 1. The van der Waals surface area contributed by atoms with Gasteiger partial charge in [0.1, 0.15) is 5.76 Å². The zero-order chi connectivity index (χ0) is 22.1. The van der Waals surface area contributed by atoms with Gasteiger partial charge >= 0.3 is 13.1 Å². The van der Waals surface area contributed by atoms with Gasteiger partial charge in [0, 0.05) is 19.0 Å². The first-order valence-electron chi connectivity index (χ1n) is 9.72. The van der Waals surface area contributed by atoms with Crippen molar-refractivity contribution in [1.82, 2.24) is 5.32 Å². The quantitative estimate of drug-likeness (QED) is 0.702. The Bertz CT molecular complexity index is 958. The molecular weight excluding hydrogens is 385 g/mol. The van der Waals surface area contributed by atoms with E-state index < -0.39 is 24.3 Å². The molecule has 158 valence electrons. The molecule has 1 aromatic heterocycles. The predicted molar refractivity (Wildman–Crippen MR) is 114 cm³/mol. The molecule has 0 bridgehead atoms. The lowest BCUT2D eigenvalue weighted by molar-refractivity contribution is -0.118. The average Bonchev–Trinajstić information content (AvgIpc) is 3.22. The van der Waals surface area contributed by atoms with Crippen molar-refractivity contribution in [2.45, 2.75) is 45.8 Å². The molecule has 0 atom stereocenters. The van der Waals surface area contributed by atoms with Crippen LogP contribution in [0.4, 0.5) is 0 Å². The highest BCUT2D eigenvalue weighted by Gasteiger charge is 2.52. The number of amides is 1. The zero-order valence-electron chi connectivity index (χ0n) is 17.8. The minimum atomic E-state index is -1.11. The second kappa shape index (κ2) is 8.12. The first kappa shape index (κ1) is 21.9. The predicted octanol–water partition coefficient (Wildman–Crippen LogP) is 3.80. The van der Waals surface area contributed by atoms with E-state index in [1.165, 1.54) is 13.0 Å². The summed E-state index contributed by atoms with van der Waals surface area (Å²) < 4.78 is 17.6. The molecule has 0 saturated carbocycles. The Morgan fingerprint density at radius 2 is 1.63 bits per heavy atom. The van der Waals surface area contributed by atoms with Gasteiger partial charge in [-0.15, -0.1) is 0 Å². The van der Waals surface area contributed by atoms with E-state index in [1.54, 1.807) is 6.07 Å². The lowest BCUT2D eigenvalue weighted by atomic mass is 9.77. The van der Waals surface area contributed by atoms with Gasteiger partial charge in [-0.3, -0.25) is 4.79 Å². The number of rotatable bonds is 6. The van der Waals surface area contributed by atoms with E-state index in [9.17, 15) is 9.59 Å². The van der Waals surface area contributed by atoms with Crippen LogP contribution >= 0.6 is 0 Å². The maximum absolute atomic E-state index is 11.4. The third-order valence-corrected chi connectivity index (χ3v) is 5.46. The van der Waals surface area contributed by atoms with Crippen LogP contribution in [0.5, 0.6) is 0 Å². The molecule has 0 unspecified atom stereocenters. The van der Waals surface area contributed by atoms with Gasteiger partial charge < -0.3 is 24.1 Å². The summed E-state index contributed by atoms with van der Waals surface area (Å²) in [4.78, 5) is 22.4. The van der Waals surface area contributed by atoms with E-state index in [0.717, 1.165) is 16.6 Å². The minimum absolute atomic E-state index is 0.104. The summed E-state index contributed by atoms with van der Waals surface area (Å²) in [5.74, 6) is -0.870. The first-order valence-corrected chi connectivity index (χ1v) is 9.72. The fourth-order valence-electron chi connectivity index (χ4n) is 2.99. The molecule has 30 heavy (non-hydrogen) atoms. The second-order valence-electron chi connectivity index (χ2n) is 8.31. The molecule has 8 heteroatoms. The Morgan fingerprint density at radius 1 is 1.03 bits per heavy atom. The molecular formula is C22H26BNO6. The van der Waals surface area contributed by atoms with Gasteiger partial charge in [-0.05, 0) is 50.9 Å². The molecule has 1 fully saturated rings. The summed E-state index contributed by atoms with van der Waals surface area (Å²) in [7, 11) is -0.579. The number of carboxylic acid groups (broad SMARTS) is 1. The lowest BCUT2D eigenvalue weighted by Gasteiger charge is -2.32. The molecule has 1 aromatic carbocycles. The van der Waals surface area contributed by atoms with Crippen LogP contribution in [-0.2, 0) is 14.1 Å². The third kappa shape index (κ3) is 4.66. The maximum Gasteiger partial charge on any atom is 0.492 e. The van der Waals surface area contributed by atoms with E-state index in [2.05, 4.69) is 5.32 Å². The molecule has 1 aliphatic heterocycles. The summed E-state index contributed by atoms with van der Waals surface area (Å²) in [5, 5.41) is 11.8. The Hall–Kier alpha value is -2.84. The molecule has 0 spiro atoms. The fraction of sp³-hybridized carbons (Fsp3) is 0.364. The summed E-state index contributed by atoms with van der Waals surface area (Å²) in [6, 6.07) is 10.5. The van der Waals surface area contributed by atoms with Crippen molar-refractivity contribution in [2.24, 2.45) is 0 Å². The summed E-state index contributed by atoms with van der Waals surface area (Å²) in [5.41, 5.74) is 1.47. The standard InChI is InChI=1S/C22H26BNO6/c1-14(25)24-13-17(23-29-21(2,3)22(4,5)30-23)12-15-6-8-16(9-7-15)18-10-11-19(28-18)20(26)27/h6-12H,13H2,1-5H3,(H,24,25)(H,26,27). The van der Waals surface area contributed by atoms with Crippen LogP contribution in [-0.4, -0.2) is 41.8 Å². The van der Waals surface area contributed by atoms with Crippen molar-refractivity contribution in [3.05, 3.63) is 53.2 Å². The van der Waals surface area contributed by atoms with Gasteiger partial charge in [0.25, 0.3) is 0 Å². The van der Waals surface area contributed by atoms with Gasteiger partial charge in [-0.1, -0.05) is 30.3 Å². The molecule has 0 aliphatic carbocycles. The van der Waals surface area contributed by atoms with Crippen molar-refractivity contribution in [2.75, 3.05) is 6.54 Å². The zero-order valence-corrected chi connectivity index (χ0v) is 17.8. The number of hydrogen-bond donors (Lipinski definition) is 2. The van der Waals surface area contributed by atoms with Crippen molar-refractivity contribution in [1.29, 1.82) is 0 Å². The Balaban J connectivity index is 1.85. The number of aromatic carboxylic acids is 1. The van der Waals surface area contributed by atoms with Crippen LogP contribution in [0.3, 0.4) is 0 Å². The van der Waals surface area contributed by atoms with Gasteiger partial charge in [0.2, 0.25) is 11.7 Å². The SMILES string of the molecule is CC(=O)NCC(=Cc1ccc(-c2ccc(C(=O)O)o2)cc1)B1OC(C)(C)C(C)(C)O1. The molecule has 2 N–H and O–H groups in total. The third-order valence-electron chi connectivity index (χ3n) is 5.46.